The van der Waals surface area contributed by atoms with E-state index in [0.717, 1.165) is 22.7 Å². The Balaban J connectivity index is 1.85. The van der Waals surface area contributed by atoms with Gasteiger partial charge in [0.25, 0.3) is 5.91 Å². The smallest absolute Gasteiger partial charge is 0.262 e. The molecule has 0 spiro atoms. The van der Waals surface area contributed by atoms with E-state index in [0.29, 0.717) is 0 Å². The molecule has 0 atom stereocenters. The number of nitrogens with one attached hydrogen (secondary N) is 1. The van der Waals surface area contributed by atoms with Gasteiger partial charge in [-0.2, -0.15) is 0 Å². The number of rotatable bonds is 6. The van der Waals surface area contributed by atoms with E-state index in [4.69, 9.17) is 9.47 Å². The molecule has 116 valence electrons. The van der Waals surface area contributed by atoms with Crippen molar-refractivity contribution in [3.05, 3.63) is 54.1 Å². The van der Waals surface area contributed by atoms with Crippen LogP contribution in [0.3, 0.4) is 0 Å². The van der Waals surface area contributed by atoms with Gasteiger partial charge in [-0.05, 0) is 56.7 Å². The standard InChI is InChI=1S/C18H21NO3/c1-13(2)22-16-10-8-15(9-11-16)19-18(20)12-21-17-7-5-4-6-14(17)3/h4-11,13H,12H2,1-3H3,(H,19,20). The van der Waals surface area contributed by atoms with Crippen molar-refractivity contribution in [3.63, 3.8) is 0 Å². The molecule has 2 aromatic rings. The summed E-state index contributed by atoms with van der Waals surface area (Å²) in [4.78, 5) is 11.9. The van der Waals surface area contributed by atoms with Crippen LogP contribution in [-0.4, -0.2) is 18.6 Å². The second-order valence-corrected chi connectivity index (χ2v) is 5.29. The average molecular weight is 299 g/mol. The van der Waals surface area contributed by atoms with Gasteiger partial charge in [0.05, 0.1) is 6.10 Å². The van der Waals surface area contributed by atoms with E-state index >= 15 is 0 Å². The Labute approximate surface area is 131 Å². The molecule has 0 unspecified atom stereocenters. The molecule has 0 radical (unpaired) electrons. The molecule has 0 heterocycles. The second kappa shape index (κ2) is 7.50. The molecule has 0 aliphatic rings. The average Bonchev–Trinajstić information content (AvgIpc) is 2.48. The monoisotopic (exact) mass is 299 g/mol. The lowest BCUT2D eigenvalue weighted by Gasteiger charge is -2.11. The van der Waals surface area contributed by atoms with Crippen LogP contribution in [0.4, 0.5) is 5.69 Å². The molecule has 0 saturated heterocycles. The lowest BCUT2D eigenvalue weighted by molar-refractivity contribution is -0.118. The molecule has 4 heteroatoms. The molecule has 0 fully saturated rings. The molecule has 1 N–H and O–H groups in total. The van der Waals surface area contributed by atoms with E-state index in [1.54, 1.807) is 0 Å². The molecule has 0 aliphatic carbocycles. The molecule has 4 nitrogen and oxygen atoms in total. The Bertz CT molecular complexity index is 620. The zero-order chi connectivity index (χ0) is 15.9. The topological polar surface area (TPSA) is 47.6 Å². The van der Waals surface area contributed by atoms with Gasteiger partial charge < -0.3 is 14.8 Å². The largest absolute Gasteiger partial charge is 0.491 e. The van der Waals surface area contributed by atoms with Gasteiger partial charge in [-0.3, -0.25) is 4.79 Å². The molecule has 0 saturated carbocycles. The first-order chi connectivity index (χ1) is 10.5. The summed E-state index contributed by atoms with van der Waals surface area (Å²) in [7, 11) is 0. The van der Waals surface area contributed by atoms with E-state index in [-0.39, 0.29) is 18.6 Å². The minimum atomic E-state index is -0.194. The van der Waals surface area contributed by atoms with Crippen LogP contribution in [0, 0.1) is 6.92 Å². The van der Waals surface area contributed by atoms with E-state index in [1.165, 1.54) is 0 Å². The number of para-hydroxylation sites is 1. The van der Waals surface area contributed by atoms with Crippen molar-refractivity contribution in [1.29, 1.82) is 0 Å². The number of carbonyl (C=O) groups is 1. The van der Waals surface area contributed by atoms with Crippen LogP contribution in [0.15, 0.2) is 48.5 Å². The molecule has 2 aromatic carbocycles. The third-order valence-corrected chi connectivity index (χ3v) is 2.96. The number of amides is 1. The van der Waals surface area contributed by atoms with Crippen LogP contribution in [-0.2, 0) is 4.79 Å². The number of anilines is 1. The number of hydrogen-bond donors (Lipinski definition) is 1. The van der Waals surface area contributed by atoms with Gasteiger partial charge >= 0.3 is 0 Å². The Kier molecular flexibility index (Phi) is 5.42. The summed E-state index contributed by atoms with van der Waals surface area (Å²) in [5, 5.41) is 2.79. The van der Waals surface area contributed by atoms with Crippen molar-refractivity contribution >= 4 is 11.6 Å². The highest BCUT2D eigenvalue weighted by Gasteiger charge is 2.05. The van der Waals surface area contributed by atoms with Crippen molar-refractivity contribution in [2.45, 2.75) is 26.9 Å². The van der Waals surface area contributed by atoms with Crippen LogP contribution >= 0.6 is 0 Å². The maximum absolute atomic E-state index is 11.9. The van der Waals surface area contributed by atoms with Crippen LogP contribution in [0.25, 0.3) is 0 Å². The van der Waals surface area contributed by atoms with Crippen LogP contribution in [0.5, 0.6) is 11.5 Å². The minimum Gasteiger partial charge on any atom is -0.491 e. The molecule has 1 amide bonds. The normalized spacial score (nSPS) is 10.4. The fourth-order valence-corrected chi connectivity index (χ4v) is 1.95. The molecule has 0 bridgehead atoms. The fraction of sp³-hybridized carbons (Fsp3) is 0.278. The molecule has 22 heavy (non-hydrogen) atoms. The summed E-state index contributed by atoms with van der Waals surface area (Å²) in [6.45, 7) is 5.87. The number of hydrogen-bond acceptors (Lipinski definition) is 3. The van der Waals surface area contributed by atoms with Gasteiger partial charge in [-0.25, -0.2) is 0 Å². The molecule has 0 aliphatic heterocycles. The minimum absolute atomic E-state index is 0.0188. The number of carbonyl (C=O) groups excluding carboxylic acids is 1. The number of benzene rings is 2. The Morgan fingerprint density at radius 1 is 1.09 bits per heavy atom. The highest BCUT2D eigenvalue weighted by Crippen LogP contribution is 2.18. The summed E-state index contributed by atoms with van der Waals surface area (Å²) in [5.74, 6) is 1.31. The maximum Gasteiger partial charge on any atom is 0.262 e. The zero-order valence-corrected chi connectivity index (χ0v) is 13.1. The lowest BCUT2D eigenvalue weighted by atomic mass is 10.2. The van der Waals surface area contributed by atoms with E-state index in [1.807, 2.05) is 69.3 Å². The summed E-state index contributed by atoms with van der Waals surface area (Å²) in [6.07, 6.45) is 0.128. The summed E-state index contributed by atoms with van der Waals surface area (Å²) < 4.78 is 11.1. The first-order valence-corrected chi connectivity index (χ1v) is 7.29. The Morgan fingerprint density at radius 2 is 1.77 bits per heavy atom. The SMILES string of the molecule is Cc1ccccc1OCC(=O)Nc1ccc(OC(C)C)cc1. The van der Waals surface area contributed by atoms with Crippen molar-refractivity contribution in [2.75, 3.05) is 11.9 Å². The van der Waals surface area contributed by atoms with Crippen molar-refractivity contribution < 1.29 is 14.3 Å². The van der Waals surface area contributed by atoms with Crippen molar-refractivity contribution in [3.8, 4) is 11.5 Å². The van der Waals surface area contributed by atoms with Crippen LogP contribution < -0.4 is 14.8 Å². The summed E-state index contributed by atoms with van der Waals surface area (Å²) in [6, 6.07) is 14.9. The van der Waals surface area contributed by atoms with Gasteiger partial charge in [-0.15, -0.1) is 0 Å². The quantitative estimate of drug-likeness (QED) is 0.882. The van der Waals surface area contributed by atoms with E-state index < -0.39 is 0 Å². The summed E-state index contributed by atoms with van der Waals surface area (Å²) in [5.41, 5.74) is 1.72. The number of ether oxygens (including phenoxy) is 2. The Morgan fingerprint density at radius 3 is 2.41 bits per heavy atom. The Hall–Kier alpha value is -2.49. The second-order valence-electron chi connectivity index (χ2n) is 5.29. The van der Waals surface area contributed by atoms with Gasteiger partial charge in [-0.1, -0.05) is 18.2 Å². The maximum atomic E-state index is 11.9. The van der Waals surface area contributed by atoms with Gasteiger partial charge in [0.1, 0.15) is 11.5 Å². The van der Waals surface area contributed by atoms with Crippen molar-refractivity contribution in [2.24, 2.45) is 0 Å². The van der Waals surface area contributed by atoms with Gasteiger partial charge in [0.15, 0.2) is 6.61 Å². The van der Waals surface area contributed by atoms with Gasteiger partial charge in [0.2, 0.25) is 0 Å². The predicted octanol–water partition coefficient (Wildman–Crippen LogP) is 3.80. The highest BCUT2D eigenvalue weighted by atomic mass is 16.5. The van der Waals surface area contributed by atoms with E-state index in [2.05, 4.69) is 5.32 Å². The zero-order valence-electron chi connectivity index (χ0n) is 13.1. The highest BCUT2D eigenvalue weighted by molar-refractivity contribution is 5.91. The van der Waals surface area contributed by atoms with E-state index in [9.17, 15) is 4.79 Å². The predicted molar refractivity (Wildman–Crippen MR) is 87.5 cm³/mol. The van der Waals surface area contributed by atoms with Crippen molar-refractivity contribution in [1.82, 2.24) is 0 Å². The third kappa shape index (κ3) is 4.81. The van der Waals surface area contributed by atoms with Crippen LogP contribution in [0.2, 0.25) is 0 Å². The fourth-order valence-electron chi connectivity index (χ4n) is 1.95. The third-order valence-electron chi connectivity index (χ3n) is 2.96. The number of aryl methyl sites for hydroxylation is 1. The first kappa shape index (κ1) is 15.9. The molecule has 0 aromatic heterocycles. The molecular weight excluding hydrogens is 278 g/mol. The van der Waals surface area contributed by atoms with Gasteiger partial charge in [0, 0.05) is 5.69 Å². The lowest BCUT2D eigenvalue weighted by Crippen LogP contribution is -2.20. The van der Waals surface area contributed by atoms with Crippen LogP contribution in [0.1, 0.15) is 19.4 Å². The first-order valence-electron chi connectivity index (χ1n) is 7.29. The molecular formula is C18H21NO3. The summed E-state index contributed by atoms with van der Waals surface area (Å²) >= 11 is 0. The molecule has 2 rings (SSSR count).